The summed E-state index contributed by atoms with van der Waals surface area (Å²) in [6.07, 6.45) is 0. The highest BCUT2D eigenvalue weighted by molar-refractivity contribution is 5.89. The summed E-state index contributed by atoms with van der Waals surface area (Å²) < 4.78 is 4.45. The van der Waals surface area contributed by atoms with Gasteiger partial charge in [-0.2, -0.15) is 0 Å². The minimum absolute atomic E-state index is 0.524. The van der Waals surface area contributed by atoms with E-state index in [1.165, 1.54) is 7.11 Å². The third-order valence-corrected chi connectivity index (χ3v) is 1.87. The van der Waals surface area contributed by atoms with Gasteiger partial charge in [-0.05, 0) is 12.1 Å². The quantitative estimate of drug-likeness (QED) is 0.508. The number of hydrogen-bond acceptors (Lipinski definition) is 3. The van der Waals surface area contributed by atoms with Crippen molar-refractivity contribution < 1.29 is 9.53 Å². The van der Waals surface area contributed by atoms with Crippen LogP contribution in [0.4, 0.5) is 5.69 Å². The maximum absolute atomic E-state index is 10.9. The van der Waals surface area contributed by atoms with Gasteiger partial charge in [-0.1, -0.05) is 18.1 Å². The minimum atomic E-state index is -0.524. The molecular weight excluding hydrogens is 190 g/mol. The monoisotopic (exact) mass is 203 g/mol. The molecule has 0 saturated heterocycles. The van der Waals surface area contributed by atoms with E-state index in [1.807, 2.05) is 43.3 Å². The van der Waals surface area contributed by atoms with Gasteiger partial charge in [-0.15, -0.1) is 0 Å². The number of carbonyl (C=O) groups excluding carboxylic acids is 1. The molecule has 0 aromatic heterocycles. The molecule has 0 atom stereocenters. The number of carbonyl (C=O) groups is 1. The van der Waals surface area contributed by atoms with E-state index in [1.54, 1.807) is 0 Å². The molecule has 0 saturated carbocycles. The summed E-state index contributed by atoms with van der Waals surface area (Å²) in [6.45, 7) is 0. The molecule has 0 N–H and O–H groups in total. The lowest BCUT2D eigenvalue weighted by molar-refractivity contribution is -0.133. The van der Waals surface area contributed by atoms with Crippen molar-refractivity contribution in [3.63, 3.8) is 0 Å². The molecule has 1 aromatic carbocycles. The lowest BCUT2D eigenvalue weighted by atomic mass is 10.1. The first kappa shape index (κ1) is 11.1. The normalized spacial score (nSPS) is 8.73. The van der Waals surface area contributed by atoms with Crippen LogP contribution in [0.2, 0.25) is 0 Å². The summed E-state index contributed by atoms with van der Waals surface area (Å²) in [5.41, 5.74) is 1.79. The van der Waals surface area contributed by atoms with E-state index in [0.29, 0.717) is 0 Å². The van der Waals surface area contributed by atoms with Crippen molar-refractivity contribution in [3.05, 3.63) is 29.8 Å². The van der Waals surface area contributed by atoms with Crippen molar-refractivity contribution in [2.24, 2.45) is 0 Å². The average molecular weight is 203 g/mol. The maximum atomic E-state index is 10.9. The molecule has 3 nitrogen and oxygen atoms in total. The highest BCUT2D eigenvalue weighted by Crippen LogP contribution is 2.16. The molecule has 0 unspecified atom stereocenters. The lowest BCUT2D eigenvalue weighted by Gasteiger charge is -2.13. The average Bonchev–Trinajstić information content (AvgIpc) is 2.26. The van der Waals surface area contributed by atoms with Crippen LogP contribution in [0.5, 0.6) is 0 Å². The van der Waals surface area contributed by atoms with Crippen molar-refractivity contribution in [2.75, 3.05) is 26.1 Å². The topological polar surface area (TPSA) is 29.5 Å². The van der Waals surface area contributed by atoms with Gasteiger partial charge in [0.05, 0.1) is 12.8 Å². The van der Waals surface area contributed by atoms with Gasteiger partial charge in [0.1, 0.15) is 0 Å². The zero-order valence-corrected chi connectivity index (χ0v) is 9.07. The van der Waals surface area contributed by atoms with Crippen molar-refractivity contribution in [1.29, 1.82) is 0 Å². The Labute approximate surface area is 89.7 Å². The highest BCUT2D eigenvalue weighted by atomic mass is 16.5. The van der Waals surface area contributed by atoms with Gasteiger partial charge in [0.15, 0.2) is 0 Å². The predicted octanol–water partition coefficient (Wildman–Crippen LogP) is 1.28. The zero-order chi connectivity index (χ0) is 11.3. The SMILES string of the molecule is COC(=O)C#Cc1ccccc1N(C)C. The number of methoxy groups -OCH3 is 1. The number of para-hydroxylation sites is 1. The van der Waals surface area contributed by atoms with Crippen LogP contribution in [-0.4, -0.2) is 27.2 Å². The number of anilines is 1. The number of esters is 1. The van der Waals surface area contributed by atoms with Gasteiger partial charge in [-0.3, -0.25) is 0 Å². The number of ether oxygens (including phenoxy) is 1. The Morgan fingerprint density at radius 1 is 1.33 bits per heavy atom. The fourth-order valence-corrected chi connectivity index (χ4v) is 1.14. The molecule has 15 heavy (non-hydrogen) atoms. The van der Waals surface area contributed by atoms with Crippen LogP contribution in [0.15, 0.2) is 24.3 Å². The van der Waals surface area contributed by atoms with Crippen LogP contribution < -0.4 is 4.90 Å². The third kappa shape index (κ3) is 3.03. The van der Waals surface area contributed by atoms with Crippen LogP contribution in [0, 0.1) is 11.8 Å². The van der Waals surface area contributed by atoms with E-state index in [9.17, 15) is 4.79 Å². The van der Waals surface area contributed by atoms with Crippen LogP contribution in [0.3, 0.4) is 0 Å². The number of nitrogens with zero attached hydrogens (tertiary/aromatic N) is 1. The predicted molar refractivity (Wildman–Crippen MR) is 59.7 cm³/mol. The Morgan fingerprint density at radius 3 is 2.60 bits per heavy atom. The standard InChI is InChI=1S/C12H13NO2/c1-13(2)11-7-5-4-6-10(11)8-9-12(14)15-3/h4-7H,1-3H3. The first-order valence-corrected chi connectivity index (χ1v) is 4.51. The Morgan fingerprint density at radius 2 is 2.00 bits per heavy atom. The number of rotatable bonds is 1. The van der Waals surface area contributed by atoms with Gasteiger partial charge in [0.2, 0.25) is 0 Å². The van der Waals surface area contributed by atoms with E-state index in [2.05, 4.69) is 16.6 Å². The molecule has 0 amide bonds. The molecule has 0 bridgehead atoms. The molecule has 78 valence electrons. The number of benzene rings is 1. The van der Waals surface area contributed by atoms with E-state index >= 15 is 0 Å². The minimum Gasteiger partial charge on any atom is -0.459 e. The summed E-state index contributed by atoms with van der Waals surface area (Å²) in [6, 6.07) is 7.62. The fraction of sp³-hybridized carbons (Fsp3) is 0.250. The molecule has 0 aliphatic heterocycles. The van der Waals surface area contributed by atoms with Gasteiger partial charge < -0.3 is 9.64 Å². The lowest BCUT2D eigenvalue weighted by Crippen LogP contribution is -2.10. The molecule has 1 aromatic rings. The van der Waals surface area contributed by atoms with Crippen LogP contribution >= 0.6 is 0 Å². The van der Waals surface area contributed by atoms with Gasteiger partial charge in [0.25, 0.3) is 0 Å². The summed E-state index contributed by atoms with van der Waals surface area (Å²) in [5, 5.41) is 0. The maximum Gasteiger partial charge on any atom is 0.384 e. The van der Waals surface area contributed by atoms with Crippen LogP contribution in [0.25, 0.3) is 0 Å². The van der Waals surface area contributed by atoms with E-state index < -0.39 is 5.97 Å². The van der Waals surface area contributed by atoms with E-state index in [0.717, 1.165) is 11.3 Å². The Bertz CT molecular complexity index is 413. The van der Waals surface area contributed by atoms with Crippen molar-refractivity contribution >= 4 is 11.7 Å². The molecule has 3 heteroatoms. The zero-order valence-electron chi connectivity index (χ0n) is 9.07. The largest absolute Gasteiger partial charge is 0.459 e. The molecule has 0 fully saturated rings. The van der Waals surface area contributed by atoms with Crippen molar-refractivity contribution in [2.45, 2.75) is 0 Å². The second-order valence-electron chi connectivity index (χ2n) is 3.15. The van der Waals surface area contributed by atoms with Crippen molar-refractivity contribution in [1.82, 2.24) is 0 Å². The van der Waals surface area contributed by atoms with E-state index in [4.69, 9.17) is 0 Å². The highest BCUT2D eigenvalue weighted by Gasteiger charge is 2.00. The fourth-order valence-electron chi connectivity index (χ4n) is 1.14. The first-order chi connectivity index (χ1) is 7.15. The smallest absolute Gasteiger partial charge is 0.384 e. The Kier molecular flexibility index (Phi) is 3.75. The Balaban J connectivity index is 3.02. The van der Waals surface area contributed by atoms with Crippen LogP contribution in [0.1, 0.15) is 5.56 Å². The third-order valence-electron chi connectivity index (χ3n) is 1.87. The van der Waals surface area contributed by atoms with Gasteiger partial charge in [0, 0.05) is 25.6 Å². The van der Waals surface area contributed by atoms with E-state index in [-0.39, 0.29) is 0 Å². The van der Waals surface area contributed by atoms with Gasteiger partial charge in [-0.25, -0.2) is 4.79 Å². The van der Waals surface area contributed by atoms with Crippen LogP contribution in [-0.2, 0) is 9.53 Å². The molecule has 1 rings (SSSR count). The molecule has 0 aliphatic rings. The second kappa shape index (κ2) is 5.06. The summed E-state index contributed by atoms with van der Waals surface area (Å²) >= 11 is 0. The van der Waals surface area contributed by atoms with Gasteiger partial charge >= 0.3 is 5.97 Å². The summed E-state index contributed by atoms with van der Waals surface area (Å²) in [7, 11) is 5.17. The summed E-state index contributed by atoms with van der Waals surface area (Å²) in [4.78, 5) is 12.8. The van der Waals surface area contributed by atoms with Crippen molar-refractivity contribution in [3.8, 4) is 11.8 Å². The second-order valence-corrected chi connectivity index (χ2v) is 3.15. The number of hydrogen-bond donors (Lipinski definition) is 0. The Hall–Kier alpha value is -1.95. The molecule has 0 aliphatic carbocycles. The molecule has 0 heterocycles. The molecule has 0 spiro atoms. The molecular formula is C12H13NO2. The molecule has 0 radical (unpaired) electrons. The first-order valence-electron chi connectivity index (χ1n) is 4.51. The summed E-state index contributed by atoms with van der Waals surface area (Å²) in [5.74, 6) is 4.66.